The Kier molecular flexibility index (Phi) is 30.0. The van der Waals surface area contributed by atoms with E-state index in [0.717, 1.165) is 12.8 Å². The third-order valence-electron chi connectivity index (χ3n) is 9.33. The zero-order chi connectivity index (χ0) is 33.2. The highest BCUT2D eigenvalue weighted by molar-refractivity contribution is 5.95. The van der Waals surface area contributed by atoms with Crippen molar-refractivity contribution in [3.05, 3.63) is 54.4 Å². The normalized spacial score (nSPS) is 11.7. The molecule has 46 heavy (non-hydrogen) atoms. The van der Waals surface area contributed by atoms with E-state index in [1.54, 1.807) is 29.2 Å². The van der Waals surface area contributed by atoms with Crippen molar-refractivity contribution in [1.29, 1.82) is 0 Å². The van der Waals surface area contributed by atoms with Crippen LogP contribution in [0, 0.1) is 0 Å². The van der Waals surface area contributed by atoms with Crippen molar-refractivity contribution in [1.82, 2.24) is 4.90 Å². The molecule has 0 radical (unpaired) electrons. The van der Waals surface area contributed by atoms with Gasteiger partial charge >= 0.3 is 0 Å². The van der Waals surface area contributed by atoms with E-state index in [1.807, 2.05) is 12.4 Å². The summed E-state index contributed by atoms with van der Waals surface area (Å²) in [7, 11) is 0. The Morgan fingerprint density at radius 1 is 0.478 bits per heavy atom. The number of unbranched alkanes of at least 4 members (excludes halogenated alkanes) is 28. The first kappa shape index (κ1) is 42.0. The molecule has 0 aliphatic carbocycles. The highest BCUT2D eigenvalue weighted by Crippen LogP contribution is 2.17. The minimum Gasteiger partial charge on any atom is -0.508 e. The van der Waals surface area contributed by atoms with Gasteiger partial charge in [0.1, 0.15) is 5.75 Å². The first-order chi connectivity index (χ1) is 22.7. The molecule has 1 aromatic carbocycles. The number of benzene rings is 1. The lowest BCUT2D eigenvalue weighted by Crippen LogP contribution is -2.19. The zero-order valence-corrected chi connectivity index (χ0v) is 30.6. The molecule has 1 aromatic rings. The Morgan fingerprint density at radius 3 is 1.07 bits per heavy atom. The van der Waals surface area contributed by atoms with E-state index >= 15 is 0 Å². The maximum absolute atomic E-state index is 13.2. The fourth-order valence-electron chi connectivity index (χ4n) is 6.23. The first-order valence-electron chi connectivity index (χ1n) is 20.1. The van der Waals surface area contributed by atoms with Gasteiger partial charge in [0.2, 0.25) is 0 Å². The molecule has 0 aliphatic heterocycles. The van der Waals surface area contributed by atoms with Gasteiger partial charge in [0, 0.05) is 18.0 Å². The number of rotatable bonds is 33. The van der Waals surface area contributed by atoms with Crippen molar-refractivity contribution in [3.8, 4) is 5.75 Å². The minimum atomic E-state index is -0.0468. The number of amides is 1. The summed E-state index contributed by atoms with van der Waals surface area (Å²) in [4.78, 5) is 14.9. The number of hydrogen-bond acceptors (Lipinski definition) is 2. The monoisotopic (exact) mass is 638 g/mol. The molecule has 0 saturated heterocycles. The molecule has 0 saturated carbocycles. The maximum atomic E-state index is 13.2. The Balaban J connectivity index is 2.19. The Hall–Kier alpha value is -2.03. The molecule has 0 fully saturated rings. The third kappa shape index (κ3) is 26.1. The topological polar surface area (TPSA) is 40.5 Å². The Morgan fingerprint density at radius 2 is 0.761 bits per heavy atom. The van der Waals surface area contributed by atoms with Gasteiger partial charge in [-0.05, 0) is 49.9 Å². The van der Waals surface area contributed by atoms with Gasteiger partial charge in [-0.1, -0.05) is 193 Å². The van der Waals surface area contributed by atoms with Gasteiger partial charge in [-0.3, -0.25) is 9.69 Å². The highest BCUT2D eigenvalue weighted by atomic mass is 16.3. The molecular formula is C43H75NO2. The second-order valence-corrected chi connectivity index (χ2v) is 13.8. The molecule has 0 unspecified atom stereocenters. The third-order valence-corrected chi connectivity index (χ3v) is 9.33. The summed E-state index contributed by atoms with van der Waals surface area (Å²) in [6.07, 6.45) is 48.6. The molecule has 0 atom stereocenters. The summed E-state index contributed by atoms with van der Waals surface area (Å²) in [5, 5.41) is 9.64. The van der Waals surface area contributed by atoms with Crippen LogP contribution in [0.3, 0.4) is 0 Å². The van der Waals surface area contributed by atoms with Gasteiger partial charge in [-0.15, -0.1) is 0 Å². The van der Waals surface area contributed by atoms with Gasteiger partial charge in [0.15, 0.2) is 0 Å². The number of phenols is 1. The second-order valence-electron chi connectivity index (χ2n) is 13.8. The molecule has 1 N–H and O–H groups in total. The lowest BCUT2D eigenvalue weighted by Gasteiger charge is -2.14. The number of nitrogens with zero attached hydrogens (tertiary/aromatic N) is 1. The predicted molar refractivity (Wildman–Crippen MR) is 202 cm³/mol. The van der Waals surface area contributed by atoms with Crippen LogP contribution in [0.2, 0.25) is 0 Å². The number of hydrogen-bond donors (Lipinski definition) is 1. The second kappa shape index (κ2) is 32.9. The molecule has 1 amide bonds. The van der Waals surface area contributed by atoms with E-state index in [-0.39, 0.29) is 11.7 Å². The van der Waals surface area contributed by atoms with Crippen LogP contribution in [0.15, 0.2) is 48.8 Å². The van der Waals surface area contributed by atoms with E-state index in [2.05, 4.69) is 26.0 Å². The molecular weight excluding hydrogens is 562 g/mol. The van der Waals surface area contributed by atoms with Crippen LogP contribution in [0.25, 0.3) is 0 Å². The molecule has 0 spiro atoms. The van der Waals surface area contributed by atoms with Gasteiger partial charge in [-0.25, -0.2) is 0 Å². The van der Waals surface area contributed by atoms with Crippen molar-refractivity contribution in [3.63, 3.8) is 0 Å². The van der Waals surface area contributed by atoms with Crippen molar-refractivity contribution >= 4 is 5.91 Å². The van der Waals surface area contributed by atoms with Crippen LogP contribution in [-0.2, 0) is 0 Å². The van der Waals surface area contributed by atoms with E-state index in [0.29, 0.717) is 5.56 Å². The smallest absolute Gasteiger partial charge is 0.261 e. The van der Waals surface area contributed by atoms with Gasteiger partial charge in [0.05, 0.1) is 0 Å². The van der Waals surface area contributed by atoms with Crippen molar-refractivity contribution < 1.29 is 9.90 Å². The number of phenolic OH excluding ortho intramolecular Hbond substituents is 1. The molecule has 0 aliphatic rings. The largest absolute Gasteiger partial charge is 0.508 e. The molecule has 0 bridgehead atoms. The van der Waals surface area contributed by atoms with Crippen LogP contribution in [-0.4, -0.2) is 15.9 Å². The van der Waals surface area contributed by atoms with Gasteiger partial charge in [-0.2, -0.15) is 0 Å². The molecule has 3 heteroatoms. The van der Waals surface area contributed by atoms with Crippen LogP contribution in [0.5, 0.6) is 5.75 Å². The van der Waals surface area contributed by atoms with E-state index in [4.69, 9.17) is 0 Å². The first-order valence-corrected chi connectivity index (χ1v) is 20.1. The summed E-state index contributed by atoms with van der Waals surface area (Å²) in [6.45, 7) is 4.57. The SMILES string of the molecule is CCCCCCCCCCCCCCCCC=CN(C=CCCCCCCCCCCCCCCCC)C(=O)c1ccc(O)cc1. The quantitative estimate of drug-likeness (QED) is 0.0779. The van der Waals surface area contributed by atoms with Crippen molar-refractivity contribution in [2.24, 2.45) is 0 Å². The lowest BCUT2D eigenvalue weighted by atomic mass is 10.0. The summed E-state index contributed by atoms with van der Waals surface area (Å²) in [5.41, 5.74) is 0.597. The fraction of sp³-hybridized carbons (Fsp3) is 0.744. The van der Waals surface area contributed by atoms with Crippen molar-refractivity contribution in [2.45, 2.75) is 206 Å². The van der Waals surface area contributed by atoms with Crippen molar-refractivity contribution in [2.75, 3.05) is 0 Å². The number of carbonyl (C=O) groups is 1. The minimum absolute atomic E-state index is 0.0468. The number of allylic oxidation sites excluding steroid dienone is 2. The average molecular weight is 638 g/mol. The van der Waals surface area contributed by atoms with Gasteiger partial charge < -0.3 is 5.11 Å². The summed E-state index contributed by atoms with van der Waals surface area (Å²) in [5.74, 6) is 0.138. The van der Waals surface area contributed by atoms with Crippen LogP contribution >= 0.6 is 0 Å². The van der Waals surface area contributed by atoms with Crippen LogP contribution in [0.4, 0.5) is 0 Å². The Labute approximate surface area is 286 Å². The Bertz CT molecular complexity index is 801. The van der Waals surface area contributed by atoms with E-state index in [9.17, 15) is 9.90 Å². The van der Waals surface area contributed by atoms with E-state index in [1.165, 1.54) is 180 Å². The van der Waals surface area contributed by atoms with Gasteiger partial charge in [0.25, 0.3) is 5.91 Å². The molecule has 3 nitrogen and oxygen atoms in total. The standard InChI is InChI=1S/C43H75NO2/c1-3-5-7-9-11-13-15-17-19-21-23-25-27-29-31-33-39-44(43(46)41-35-37-42(45)38-36-41)40-34-32-30-28-26-24-22-20-18-16-14-12-10-8-6-4-2/h33-40,45H,3-32H2,1-2H3. The highest BCUT2D eigenvalue weighted by Gasteiger charge is 2.11. The summed E-state index contributed by atoms with van der Waals surface area (Å²) >= 11 is 0. The zero-order valence-electron chi connectivity index (χ0n) is 30.6. The molecule has 264 valence electrons. The molecule has 1 rings (SSSR count). The fourth-order valence-corrected chi connectivity index (χ4v) is 6.23. The predicted octanol–water partition coefficient (Wildman–Crippen LogP) is 14.6. The lowest BCUT2D eigenvalue weighted by molar-refractivity contribution is 0.0869. The number of aromatic hydroxyl groups is 1. The average Bonchev–Trinajstić information content (AvgIpc) is 3.07. The maximum Gasteiger partial charge on any atom is 0.261 e. The summed E-state index contributed by atoms with van der Waals surface area (Å²) < 4.78 is 0. The van der Waals surface area contributed by atoms with Crippen LogP contribution < -0.4 is 0 Å². The molecule has 0 aromatic heterocycles. The van der Waals surface area contributed by atoms with E-state index < -0.39 is 0 Å². The molecule has 0 heterocycles. The van der Waals surface area contributed by atoms with Crippen LogP contribution in [0.1, 0.15) is 217 Å². The number of carbonyl (C=O) groups excluding carboxylic acids is 1. The summed E-state index contributed by atoms with van der Waals surface area (Å²) in [6, 6.07) is 6.57.